The highest BCUT2D eigenvalue weighted by atomic mass is 28.4. The zero-order valence-corrected chi connectivity index (χ0v) is 16.3. The fourth-order valence-corrected chi connectivity index (χ4v) is 3.71. The molecule has 128 valence electrons. The van der Waals surface area contributed by atoms with Gasteiger partial charge in [-0.25, -0.2) is 0 Å². The summed E-state index contributed by atoms with van der Waals surface area (Å²) in [5.41, 5.74) is 1.18. The van der Waals surface area contributed by atoms with Gasteiger partial charge in [0, 0.05) is 13.0 Å². The molecule has 0 aromatic heterocycles. The third kappa shape index (κ3) is 4.45. The maximum atomic E-state index is 12.4. The molecule has 1 aromatic carbocycles. The van der Waals surface area contributed by atoms with Crippen molar-refractivity contribution in [1.82, 2.24) is 4.90 Å². The summed E-state index contributed by atoms with van der Waals surface area (Å²) in [6, 6.07) is 10.4. The fraction of sp³-hybridized carbons (Fsp3) is 0.632. The van der Waals surface area contributed by atoms with Crippen LogP contribution >= 0.6 is 0 Å². The molecule has 2 rings (SSSR count). The van der Waals surface area contributed by atoms with Crippen molar-refractivity contribution < 1.29 is 9.22 Å². The average Bonchev–Trinajstić information content (AvgIpc) is 2.49. The monoisotopic (exact) mass is 333 g/mol. The standard InChI is InChI=1S/C19H31NO2Si/c1-19(2,3)23(4,5)22-15-17(16-11-7-6-8-12-16)20-14-10-9-13-18(20)21/h6-8,11-12,17H,9-10,13-15H2,1-5H3/t17-/m0/s1. The van der Waals surface area contributed by atoms with E-state index in [4.69, 9.17) is 4.43 Å². The molecule has 1 fully saturated rings. The van der Waals surface area contributed by atoms with Crippen molar-refractivity contribution in [2.45, 2.75) is 64.2 Å². The Balaban J connectivity index is 2.19. The number of likely N-dealkylation sites (tertiary alicyclic amines) is 1. The average molecular weight is 334 g/mol. The van der Waals surface area contributed by atoms with Gasteiger partial charge in [-0.15, -0.1) is 0 Å². The van der Waals surface area contributed by atoms with Crippen molar-refractivity contribution in [2.75, 3.05) is 13.2 Å². The van der Waals surface area contributed by atoms with E-state index in [0.29, 0.717) is 13.0 Å². The molecule has 0 spiro atoms. The van der Waals surface area contributed by atoms with E-state index in [1.54, 1.807) is 0 Å². The molecule has 0 unspecified atom stereocenters. The van der Waals surface area contributed by atoms with Gasteiger partial charge in [-0.3, -0.25) is 4.79 Å². The molecule has 0 saturated carbocycles. The molecule has 0 N–H and O–H groups in total. The summed E-state index contributed by atoms with van der Waals surface area (Å²) in [7, 11) is -1.82. The molecule has 1 aliphatic rings. The second kappa shape index (κ2) is 7.18. The van der Waals surface area contributed by atoms with Crippen molar-refractivity contribution >= 4 is 14.2 Å². The number of carbonyl (C=O) groups is 1. The summed E-state index contributed by atoms with van der Waals surface area (Å²) in [6.07, 6.45) is 2.78. The van der Waals surface area contributed by atoms with Crippen molar-refractivity contribution in [1.29, 1.82) is 0 Å². The summed E-state index contributed by atoms with van der Waals surface area (Å²) < 4.78 is 6.46. The van der Waals surface area contributed by atoms with E-state index in [1.165, 1.54) is 5.56 Å². The predicted octanol–water partition coefficient (Wildman–Crippen LogP) is 4.76. The van der Waals surface area contributed by atoms with E-state index in [0.717, 1.165) is 19.4 Å². The van der Waals surface area contributed by atoms with Gasteiger partial charge in [0.15, 0.2) is 8.32 Å². The molecule has 1 aromatic rings. The number of benzene rings is 1. The summed E-state index contributed by atoms with van der Waals surface area (Å²) in [5, 5.41) is 0.181. The third-order valence-electron chi connectivity index (χ3n) is 5.33. The van der Waals surface area contributed by atoms with Crippen LogP contribution in [0.15, 0.2) is 30.3 Å². The molecule has 3 nitrogen and oxygen atoms in total. The van der Waals surface area contributed by atoms with Crippen LogP contribution in [0.3, 0.4) is 0 Å². The molecule has 1 heterocycles. The second-order valence-electron chi connectivity index (χ2n) is 8.04. The van der Waals surface area contributed by atoms with Gasteiger partial charge in [-0.2, -0.15) is 0 Å². The van der Waals surface area contributed by atoms with Crippen LogP contribution in [0.25, 0.3) is 0 Å². The van der Waals surface area contributed by atoms with Gasteiger partial charge in [0.05, 0.1) is 12.6 Å². The van der Waals surface area contributed by atoms with Crippen molar-refractivity contribution in [3.63, 3.8) is 0 Å². The molecule has 0 radical (unpaired) electrons. The first-order valence-corrected chi connectivity index (χ1v) is 11.6. The highest BCUT2D eigenvalue weighted by Crippen LogP contribution is 2.38. The first kappa shape index (κ1) is 18.2. The Morgan fingerprint density at radius 3 is 2.39 bits per heavy atom. The van der Waals surface area contributed by atoms with E-state index in [-0.39, 0.29) is 17.0 Å². The van der Waals surface area contributed by atoms with Crippen LogP contribution in [0.4, 0.5) is 0 Å². The minimum Gasteiger partial charge on any atom is -0.414 e. The highest BCUT2D eigenvalue weighted by molar-refractivity contribution is 6.74. The molecular formula is C19H31NO2Si. The molecule has 23 heavy (non-hydrogen) atoms. The number of rotatable bonds is 5. The largest absolute Gasteiger partial charge is 0.414 e. The molecule has 0 bridgehead atoms. The van der Waals surface area contributed by atoms with Crippen molar-refractivity contribution in [3.8, 4) is 0 Å². The van der Waals surface area contributed by atoms with Gasteiger partial charge < -0.3 is 9.33 Å². The quantitative estimate of drug-likeness (QED) is 0.727. The lowest BCUT2D eigenvalue weighted by molar-refractivity contribution is -0.136. The SMILES string of the molecule is CC(C)(C)[Si](C)(C)OC[C@@H](c1ccccc1)N1CCCCC1=O. The first-order valence-electron chi connectivity index (χ1n) is 8.71. The van der Waals surface area contributed by atoms with Gasteiger partial charge in [0.25, 0.3) is 0 Å². The van der Waals surface area contributed by atoms with Crippen LogP contribution in [-0.2, 0) is 9.22 Å². The van der Waals surface area contributed by atoms with Gasteiger partial charge in [0.2, 0.25) is 5.91 Å². The number of hydrogen-bond donors (Lipinski definition) is 0. The van der Waals surface area contributed by atoms with Crippen LogP contribution in [0.1, 0.15) is 51.6 Å². The summed E-state index contributed by atoms with van der Waals surface area (Å²) >= 11 is 0. The molecule has 0 aliphatic carbocycles. The number of piperidine rings is 1. The lowest BCUT2D eigenvalue weighted by Gasteiger charge is -2.40. The van der Waals surface area contributed by atoms with Crippen LogP contribution in [0.2, 0.25) is 18.1 Å². The Labute approximate surface area is 142 Å². The van der Waals surface area contributed by atoms with Crippen LogP contribution in [-0.4, -0.2) is 32.3 Å². The van der Waals surface area contributed by atoms with E-state index >= 15 is 0 Å². The Hall–Kier alpha value is -1.13. The summed E-state index contributed by atoms with van der Waals surface area (Å²) in [4.78, 5) is 14.4. The van der Waals surface area contributed by atoms with Gasteiger partial charge in [-0.1, -0.05) is 51.1 Å². The van der Waals surface area contributed by atoms with Crippen LogP contribution < -0.4 is 0 Å². The maximum Gasteiger partial charge on any atom is 0.223 e. The van der Waals surface area contributed by atoms with E-state index in [9.17, 15) is 4.79 Å². The van der Waals surface area contributed by atoms with Crippen molar-refractivity contribution in [3.05, 3.63) is 35.9 Å². The first-order chi connectivity index (χ1) is 10.7. The van der Waals surface area contributed by atoms with Gasteiger partial charge in [-0.05, 0) is 36.5 Å². The Bertz CT molecular complexity index is 522. The molecule has 1 saturated heterocycles. The topological polar surface area (TPSA) is 29.5 Å². The van der Waals surface area contributed by atoms with E-state index in [1.807, 2.05) is 23.1 Å². The molecule has 1 amide bonds. The molecule has 4 heteroatoms. The van der Waals surface area contributed by atoms with Gasteiger partial charge in [0.1, 0.15) is 0 Å². The fourth-order valence-electron chi connectivity index (χ4n) is 2.70. The lowest BCUT2D eigenvalue weighted by Crippen LogP contribution is -2.45. The minimum absolute atomic E-state index is 0.0399. The number of hydrogen-bond acceptors (Lipinski definition) is 2. The second-order valence-corrected chi connectivity index (χ2v) is 12.9. The molecule has 1 atom stereocenters. The Kier molecular flexibility index (Phi) is 5.68. The van der Waals surface area contributed by atoms with E-state index in [2.05, 4.69) is 46.0 Å². The van der Waals surface area contributed by atoms with Crippen LogP contribution in [0, 0.1) is 0 Å². The predicted molar refractivity (Wildman–Crippen MR) is 97.9 cm³/mol. The number of nitrogens with zero attached hydrogens (tertiary/aromatic N) is 1. The number of carbonyl (C=O) groups excluding carboxylic acids is 1. The smallest absolute Gasteiger partial charge is 0.223 e. The Morgan fingerprint density at radius 1 is 1.17 bits per heavy atom. The maximum absolute atomic E-state index is 12.4. The normalized spacial score (nSPS) is 18.1. The lowest BCUT2D eigenvalue weighted by atomic mass is 10.0. The van der Waals surface area contributed by atoms with Crippen LogP contribution in [0.5, 0.6) is 0 Å². The summed E-state index contributed by atoms with van der Waals surface area (Å²) in [6.45, 7) is 12.8. The van der Waals surface area contributed by atoms with Crippen molar-refractivity contribution in [2.24, 2.45) is 0 Å². The minimum atomic E-state index is -1.82. The zero-order valence-electron chi connectivity index (χ0n) is 15.3. The zero-order chi connectivity index (χ0) is 17.1. The molecule has 1 aliphatic heterocycles. The number of amides is 1. The van der Waals surface area contributed by atoms with E-state index < -0.39 is 8.32 Å². The molecular weight excluding hydrogens is 302 g/mol. The Morgan fingerprint density at radius 2 is 1.83 bits per heavy atom. The summed E-state index contributed by atoms with van der Waals surface area (Å²) in [5.74, 6) is 0.268. The third-order valence-corrected chi connectivity index (χ3v) is 9.83. The van der Waals surface area contributed by atoms with Gasteiger partial charge >= 0.3 is 0 Å². The highest BCUT2D eigenvalue weighted by Gasteiger charge is 2.38.